The normalized spacial score (nSPS) is 11.5. The molecule has 0 fully saturated rings. The monoisotopic (exact) mass is 249 g/mol. The fourth-order valence-corrected chi connectivity index (χ4v) is 1.44. The number of amides is 1. The number of carbonyl (C=O) groups excluding carboxylic acids is 3. The zero-order valence-corrected chi connectivity index (χ0v) is 10.5. The van der Waals surface area contributed by atoms with E-state index in [0.717, 1.165) is 5.56 Å². The number of rotatable bonds is 4. The number of methoxy groups -OCH3 is 1. The second kappa shape index (κ2) is 5.95. The van der Waals surface area contributed by atoms with Crippen LogP contribution in [0.25, 0.3) is 0 Å². The lowest BCUT2D eigenvalue weighted by Crippen LogP contribution is -2.46. The summed E-state index contributed by atoms with van der Waals surface area (Å²) in [5, 5.41) is 2.28. The number of ether oxygens (including phenoxy) is 1. The lowest BCUT2D eigenvalue weighted by molar-refractivity contribution is -0.143. The van der Waals surface area contributed by atoms with Gasteiger partial charge in [0.05, 0.1) is 7.11 Å². The Morgan fingerprint density at radius 3 is 2.17 bits per heavy atom. The third kappa shape index (κ3) is 3.41. The van der Waals surface area contributed by atoms with Gasteiger partial charge in [0.15, 0.2) is 11.8 Å². The Kier molecular flexibility index (Phi) is 4.59. The van der Waals surface area contributed by atoms with Crippen molar-refractivity contribution in [2.24, 2.45) is 0 Å². The molecule has 0 radical (unpaired) electrons. The van der Waals surface area contributed by atoms with Crippen LogP contribution in [0.15, 0.2) is 24.3 Å². The van der Waals surface area contributed by atoms with Crippen molar-refractivity contribution < 1.29 is 19.1 Å². The Bertz CT molecular complexity index is 464. The summed E-state index contributed by atoms with van der Waals surface area (Å²) >= 11 is 0. The third-order valence-electron chi connectivity index (χ3n) is 2.38. The number of ketones is 1. The van der Waals surface area contributed by atoms with Crippen LogP contribution in [-0.2, 0) is 14.3 Å². The molecule has 5 heteroatoms. The highest BCUT2D eigenvalue weighted by Gasteiger charge is 2.29. The highest BCUT2D eigenvalue weighted by molar-refractivity contribution is 6.13. The first-order chi connectivity index (χ1) is 8.45. The molecule has 5 nitrogen and oxygen atoms in total. The first kappa shape index (κ1) is 13.9. The highest BCUT2D eigenvalue weighted by atomic mass is 16.5. The van der Waals surface area contributed by atoms with E-state index in [9.17, 15) is 14.4 Å². The number of carbonyl (C=O) groups is 3. The van der Waals surface area contributed by atoms with Crippen LogP contribution in [0.1, 0.15) is 22.8 Å². The average Bonchev–Trinajstić information content (AvgIpc) is 2.35. The lowest BCUT2D eigenvalue weighted by atomic mass is 10.0. The van der Waals surface area contributed by atoms with Crippen molar-refractivity contribution >= 4 is 17.7 Å². The van der Waals surface area contributed by atoms with Crippen molar-refractivity contribution in [3.05, 3.63) is 35.4 Å². The van der Waals surface area contributed by atoms with Crippen molar-refractivity contribution in [3.8, 4) is 0 Å². The molecule has 0 aliphatic heterocycles. The van der Waals surface area contributed by atoms with Gasteiger partial charge in [0.1, 0.15) is 0 Å². The van der Waals surface area contributed by atoms with E-state index < -0.39 is 23.7 Å². The van der Waals surface area contributed by atoms with Gasteiger partial charge in [0, 0.05) is 12.5 Å². The number of esters is 1. The van der Waals surface area contributed by atoms with Gasteiger partial charge in [0.25, 0.3) is 0 Å². The van der Waals surface area contributed by atoms with E-state index in [0.29, 0.717) is 5.56 Å². The molecular weight excluding hydrogens is 234 g/mol. The zero-order chi connectivity index (χ0) is 13.7. The van der Waals surface area contributed by atoms with E-state index in [2.05, 4.69) is 10.1 Å². The van der Waals surface area contributed by atoms with Crippen LogP contribution in [0.4, 0.5) is 0 Å². The SMILES string of the molecule is COC(=O)C(NC(C)=O)C(=O)c1ccc(C)cc1. The standard InChI is InChI=1S/C13H15NO4/c1-8-4-6-10(7-5-8)12(16)11(13(17)18-3)14-9(2)15/h4-7,11H,1-3H3,(H,14,15). The van der Waals surface area contributed by atoms with Gasteiger partial charge in [-0.25, -0.2) is 4.79 Å². The minimum Gasteiger partial charge on any atom is -0.467 e. The Morgan fingerprint density at radius 1 is 1.17 bits per heavy atom. The molecule has 0 bridgehead atoms. The zero-order valence-electron chi connectivity index (χ0n) is 10.5. The van der Waals surface area contributed by atoms with Crippen LogP contribution in [-0.4, -0.2) is 30.8 Å². The minimum absolute atomic E-state index is 0.352. The summed E-state index contributed by atoms with van der Waals surface area (Å²) in [5.41, 5.74) is 1.35. The second-order valence-corrected chi connectivity index (χ2v) is 3.89. The molecule has 18 heavy (non-hydrogen) atoms. The molecule has 0 spiro atoms. The molecular formula is C13H15NO4. The summed E-state index contributed by atoms with van der Waals surface area (Å²) in [4.78, 5) is 34.5. The van der Waals surface area contributed by atoms with Gasteiger partial charge < -0.3 is 10.1 Å². The largest absolute Gasteiger partial charge is 0.467 e. The van der Waals surface area contributed by atoms with E-state index >= 15 is 0 Å². The molecule has 0 heterocycles. The van der Waals surface area contributed by atoms with Gasteiger partial charge >= 0.3 is 5.97 Å². The lowest BCUT2D eigenvalue weighted by Gasteiger charge is -2.14. The molecule has 1 amide bonds. The van der Waals surface area contributed by atoms with E-state index in [-0.39, 0.29) is 0 Å². The van der Waals surface area contributed by atoms with Crippen LogP contribution < -0.4 is 5.32 Å². The van der Waals surface area contributed by atoms with Crippen molar-refractivity contribution in [2.45, 2.75) is 19.9 Å². The summed E-state index contributed by atoms with van der Waals surface area (Å²) in [5.74, 6) is -1.74. The van der Waals surface area contributed by atoms with Crippen LogP contribution in [0.2, 0.25) is 0 Å². The third-order valence-corrected chi connectivity index (χ3v) is 2.38. The number of hydrogen-bond donors (Lipinski definition) is 1. The number of benzene rings is 1. The maximum absolute atomic E-state index is 12.1. The molecule has 1 unspecified atom stereocenters. The van der Waals surface area contributed by atoms with Crippen molar-refractivity contribution in [1.29, 1.82) is 0 Å². The molecule has 96 valence electrons. The van der Waals surface area contributed by atoms with Crippen LogP contribution in [0, 0.1) is 6.92 Å². The van der Waals surface area contributed by atoms with Gasteiger partial charge in [-0.2, -0.15) is 0 Å². The number of aryl methyl sites for hydroxylation is 1. The second-order valence-electron chi connectivity index (χ2n) is 3.89. The Morgan fingerprint density at radius 2 is 1.72 bits per heavy atom. The Labute approximate surface area is 105 Å². The van der Waals surface area contributed by atoms with E-state index in [1.807, 2.05) is 6.92 Å². The fourth-order valence-electron chi connectivity index (χ4n) is 1.44. The predicted octanol–water partition coefficient (Wildman–Crippen LogP) is 0.855. The van der Waals surface area contributed by atoms with Gasteiger partial charge in [-0.15, -0.1) is 0 Å². The van der Waals surface area contributed by atoms with Crippen LogP contribution in [0.5, 0.6) is 0 Å². The maximum Gasteiger partial charge on any atom is 0.336 e. The number of nitrogens with one attached hydrogen (secondary N) is 1. The number of hydrogen-bond acceptors (Lipinski definition) is 4. The summed E-state index contributed by atoms with van der Waals surface area (Å²) < 4.78 is 4.51. The molecule has 1 atom stereocenters. The Hall–Kier alpha value is -2.17. The minimum atomic E-state index is -1.30. The molecule has 0 saturated carbocycles. The summed E-state index contributed by atoms with van der Waals surface area (Å²) in [7, 11) is 1.17. The molecule has 1 aromatic rings. The maximum atomic E-state index is 12.1. The topological polar surface area (TPSA) is 72.5 Å². The molecule has 0 aliphatic carbocycles. The van der Waals surface area contributed by atoms with Gasteiger partial charge in [-0.1, -0.05) is 29.8 Å². The van der Waals surface area contributed by atoms with Gasteiger partial charge in [-0.3, -0.25) is 9.59 Å². The van der Waals surface area contributed by atoms with Crippen molar-refractivity contribution in [3.63, 3.8) is 0 Å². The molecule has 1 rings (SSSR count). The molecule has 0 aromatic heterocycles. The highest BCUT2D eigenvalue weighted by Crippen LogP contribution is 2.07. The van der Waals surface area contributed by atoms with E-state index in [4.69, 9.17) is 0 Å². The smallest absolute Gasteiger partial charge is 0.336 e. The summed E-state index contributed by atoms with van der Waals surface area (Å²) in [6.45, 7) is 3.12. The first-order valence-corrected chi connectivity index (χ1v) is 5.41. The average molecular weight is 249 g/mol. The fraction of sp³-hybridized carbons (Fsp3) is 0.308. The van der Waals surface area contributed by atoms with Crippen LogP contribution >= 0.6 is 0 Å². The molecule has 0 aliphatic rings. The molecule has 1 aromatic carbocycles. The molecule has 1 N–H and O–H groups in total. The first-order valence-electron chi connectivity index (χ1n) is 5.41. The van der Waals surface area contributed by atoms with Crippen LogP contribution in [0.3, 0.4) is 0 Å². The van der Waals surface area contributed by atoms with Crippen molar-refractivity contribution in [1.82, 2.24) is 5.32 Å². The van der Waals surface area contributed by atoms with E-state index in [1.54, 1.807) is 24.3 Å². The van der Waals surface area contributed by atoms with Crippen molar-refractivity contribution in [2.75, 3.05) is 7.11 Å². The Balaban J connectivity index is 2.98. The van der Waals surface area contributed by atoms with E-state index in [1.165, 1.54) is 14.0 Å². The predicted molar refractivity (Wildman–Crippen MR) is 65.1 cm³/mol. The van der Waals surface area contributed by atoms with Gasteiger partial charge in [-0.05, 0) is 6.92 Å². The summed E-state index contributed by atoms with van der Waals surface area (Å²) in [6, 6.07) is 5.44. The summed E-state index contributed by atoms with van der Waals surface area (Å²) in [6.07, 6.45) is 0. The van der Waals surface area contributed by atoms with Gasteiger partial charge in [0.2, 0.25) is 5.91 Å². The molecule has 0 saturated heterocycles. The number of Topliss-reactive ketones (excluding diaryl/α,β-unsaturated/α-hetero) is 1. The quantitative estimate of drug-likeness (QED) is 0.488.